The molecule has 0 amide bonds. The fourth-order valence-electron chi connectivity index (χ4n) is 0.891. The van der Waals surface area contributed by atoms with E-state index in [1.165, 1.54) is 11.9 Å². The molecular weight excluding hydrogens is 204 g/mol. The summed E-state index contributed by atoms with van der Waals surface area (Å²) in [7, 11) is 0. The Balaban J connectivity index is 0.000000128. The first-order chi connectivity index (χ1) is 6.97. The molecule has 1 aliphatic heterocycles. The molecule has 72 valence electrons. The Morgan fingerprint density at radius 3 is 2.79 bits per heavy atom. The molecule has 0 bridgehead atoms. The van der Waals surface area contributed by atoms with Crippen molar-refractivity contribution in [3.05, 3.63) is 30.7 Å². The molecule has 0 unspecified atom stereocenters. The van der Waals surface area contributed by atoms with E-state index in [-0.39, 0.29) is 0 Å². The Labute approximate surface area is 83.8 Å². The van der Waals surface area contributed by atoms with Crippen LogP contribution in [0.3, 0.4) is 0 Å². The van der Waals surface area contributed by atoms with Crippen molar-refractivity contribution < 1.29 is 13.7 Å². The smallest absolute Gasteiger partial charge is 0.181 e. The average Bonchev–Trinajstić information content (AvgIpc) is 2.92. The van der Waals surface area contributed by atoms with Gasteiger partial charge >= 0.3 is 0 Å². The molecule has 0 N–H and O–H groups in total. The number of para-hydroxylation sites is 2. The van der Waals surface area contributed by atoms with Crippen molar-refractivity contribution >= 4 is 28.7 Å². The summed E-state index contributed by atoms with van der Waals surface area (Å²) in [5.41, 5.74) is 3.22. The average molecular weight is 210 g/mol. The summed E-state index contributed by atoms with van der Waals surface area (Å²) in [5.74, 6) is 0. The number of aromatic nitrogens is 1. The second kappa shape index (κ2) is 4.64. The van der Waals surface area contributed by atoms with Crippen LogP contribution in [0.4, 0.5) is 0 Å². The van der Waals surface area contributed by atoms with Gasteiger partial charge in [-0.2, -0.15) is 0 Å². The lowest BCUT2D eigenvalue weighted by atomic mass is 10.3. The molecule has 0 radical (unpaired) electrons. The highest BCUT2D eigenvalue weighted by molar-refractivity contribution is 8.08. The molecule has 1 aromatic carbocycles. The maximum atomic E-state index is 5.01. The Bertz CT molecular complexity index is 393. The Morgan fingerprint density at radius 2 is 2.14 bits per heavy atom. The first-order valence-electron chi connectivity index (χ1n) is 3.76. The third kappa shape index (κ3) is 2.24. The van der Waals surface area contributed by atoms with Gasteiger partial charge in [0.05, 0.1) is 12.0 Å². The number of oxime groups is 1. The molecule has 1 aromatic heterocycles. The van der Waals surface area contributed by atoms with Gasteiger partial charge in [0.15, 0.2) is 12.0 Å². The lowest BCUT2D eigenvalue weighted by Crippen LogP contribution is -1.61. The summed E-state index contributed by atoms with van der Waals surface area (Å²) in [6.07, 6.45) is 1.45. The second-order valence-electron chi connectivity index (χ2n) is 2.27. The number of hydrogen-bond donors (Lipinski definition) is 0. The third-order valence-corrected chi connectivity index (χ3v) is 1.75. The van der Waals surface area contributed by atoms with E-state index in [1.54, 1.807) is 0 Å². The fourth-order valence-corrected chi connectivity index (χ4v) is 1.07. The first-order valence-corrected chi connectivity index (χ1v) is 4.56. The van der Waals surface area contributed by atoms with Crippen molar-refractivity contribution in [1.29, 1.82) is 0 Å². The van der Waals surface area contributed by atoms with Gasteiger partial charge in [-0.1, -0.05) is 16.5 Å². The summed E-state index contributed by atoms with van der Waals surface area (Å²) in [5, 5.41) is 3.20. The lowest BCUT2D eigenvalue weighted by Gasteiger charge is -1.79. The molecule has 5 nitrogen and oxygen atoms in total. The minimum atomic E-state index is 0.845. The molecule has 0 aliphatic carbocycles. The second-order valence-corrected chi connectivity index (χ2v) is 2.81. The zero-order valence-corrected chi connectivity index (χ0v) is 7.81. The van der Waals surface area contributed by atoms with Crippen LogP contribution in [-0.2, 0) is 9.32 Å². The molecule has 1 aliphatic rings. The van der Waals surface area contributed by atoms with Crippen LogP contribution in [0, 0.1) is 0 Å². The molecule has 0 atom stereocenters. The van der Waals surface area contributed by atoms with Crippen molar-refractivity contribution in [3.8, 4) is 0 Å². The highest BCUT2D eigenvalue weighted by Gasteiger charge is 1.91. The molecule has 2 heterocycles. The monoisotopic (exact) mass is 210 g/mol. The van der Waals surface area contributed by atoms with Crippen LogP contribution < -0.4 is 0 Å². The standard InChI is InChI=1S/C7H5NO.CHNO2S/c1-2-4-7-6(3-1)8-5-9-7;1-2-3-4-5-1/h1-5H;1H. The van der Waals surface area contributed by atoms with Crippen LogP contribution in [0.15, 0.2) is 40.2 Å². The SMILES string of the molecule is C1=NOOS1.c1ccc2ocnc2c1. The number of rotatable bonds is 0. The molecule has 0 fully saturated rings. The Kier molecular flexibility index (Phi) is 2.99. The highest BCUT2D eigenvalue weighted by Crippen LogP contribution is 2.09. The van der Waals surface area contributed by atoms with Gasteiger partial charge in [0.1, 0.15) is 11.1 Å². The molecule has 0 spiro atoms. The summed E-state index contributed by atoms with van der Waals surface area (Å²) in [6, 6.07) is 7.67. The van der Waals surface area contributed by atoms with Crippen LogP contribution in [-0.4, -0.2) is 10.5 Å². The van der Waals surface area contributed by atoms with E-state index < -0.39 is 0 Å². The van der Waals surface area contributed by atoms with Crippen LogP contribution >= 0.6 is 12.0 Å². The van der Waals surface area contributed by atoms with Crippen LogP contribution in [0.5, 0.6) is 0 Å². The molecular formula is C8H6N2O3S. The normalized spacial score (nSPS) is 13.4. The quantitative estimate of drug-likeness (QED) is 0.493. The van der Waals surface area contributed by atoms with Crippen molar-refractivity contribution in [2.24, 2.45) is 5.16 Å². The molecule has 0 saturated carbocycles. The third-order valence-electron chi connectivity index (χ3n) is 1.44. The summed E-state index contributed by atoms with van der Waals surface area (Å²) < 4.78 is 9.15. The van der Waals surface area contributed by atoms with Crippen molar-refractivity contribution in [2.75, 3.05) is 0 Å². The van der Waals surface area contributed by atoms with Gasteiger partial charge in [0, 0.05) is 0 Å². The minimum absolute atomic E-state index is 0.845. The lowest BCUT2D eigenvalue weighted by molar-refractivity contribution is -0.181. The van der Waals surface area contributed by atoms with E-state index in [0.29, 0.717) is 0 Å². The van der Waals surface area contributed by atoms with Crippen LogP contribution in [0.25, 0.3) is 11.1 Å². The summed E-state index contributed by atoms with van der Waals surface area (Å²) in [6.45, 7) is 0. The zero-order chi connectivity index (χ0) is 9.64. The molecule has 14 heavy (non-hydrogen) atoms. The van der Waals surface area contributed by atoms with Crippen molar-refractivity contribution in [3.63, 3.8) is 0 Å². The van der Waals surface area contributed by atoms with Gasteiger partial charge in [0.2, 0.25) is 0 Å². The maximum Gasteiger partial charge on any atom is 0.181 e. The summed E-state index contributed by atoms with van der Waals surface area (Å²) in [4.78, 5) is 7.93. The van der Waals surface area contributed by atoms with Gasteiger partial charge in [-0.15, -0.1) is 0 Å². The minimum Gasteiger partial charge on any atom is -0.443 e. The van der Waals surface area contributed by atoms with Crippen LogP contribution in [0.1, 0.15) is 0 Å². The first kappa shape index (κ1) is 9.04. The van der Waals surface area contributed by atoms with Gasteiger partial charge in [-0.3, -0.25) is 0 Å². The van der Waals surface area contributed by atoms with E-state index in [9.17, 15) is 0 Å². The molecule has 6 heteroatoms. The number of hydrogen-bond acceptors (Lipinski definition) is 6. The van der Waals surface area contributed by atoms with Crippen LogP contribution in [0.2, 0.25) is 0 Å². The Hall–Kier alpha value is -1.53. The molecule has 2 aromatic rings. The van der Waals surface area contributed by atoms with E-state index in [0.717, 1.165) is 23.1 Å². The number of benzene rings is 1. The number of oxazole rings is 1. The van der Waals surface area contributed by atoms with E-state index in [2.05, 4.69) is 19.5 Å². The zero-order valence-electron chi connectivity index (χ0n) is 6.99. The number of nitrogens with zero attached hydrogens (tertiary/aromatic N) is 2. The maximum absolute atomic E-state index is 5.01. The van der Waals surface area contributed by atoms with Crippen molar-refractivity contribution in [2.45, 2.75) is 0 Å². The summed E-state index contributed by atoms with van der Waals surface area (Å²) >= 11 is 1.06. The fraction of sp³-hybridized carbons (Fsp3) is 0. The topological polar surface area (TPSA) is 56.9 Å². The van der Waals surface area contributed by atoms with Gasteiger partial charge in [-0.25, -0.2) is 9.97 Å². The van der Waals surface area contributed by atoms with Gasteiger partial charge in [-0.05, 0) is 17.3 Å². The van der Waals surface area contributed by atoms with Gasteiger partial charge in [0.25, 0.3) is 0 Å². The number of fused-ring (bicyclic) bond motifs is 1. The Morgan fingerprint density at radius 1 is 1.21 bits per heavy atom. The largest absolute Gasteiger partial charge is 0.443 e. The predicted octanol–water partition coefficient (Wildman–Crippen LogP) is 2.37. The van der Waals surface area contributed by atoms with E-state index in [4.69, 9.17) is 4.42 Å². The van der Waals surface area contributed by atoms with Gasteiger partial charge < -0.3 is 4.42 Å². The molecule has 0 saturated heterocycles. The van der Waals surface area contributed by atoms with E-state index >= 15 is 0 Å². The molecule has 3 rings (SSSR count). The highest BCUT2D eigenvalue weighted by atomic mass is 32.2. The van der Waals surface area contributed by atoms with E-state index in [1.807, 2.05) is 24.3 Å². The van der Waals surface area contributed by atoms with Crippen molar-refractivity contribution in [1.82, 2.24) is 4.98 Å². The predicted molar refractivity (Wildman–Crippen MR) is 52.3 cm³/mol.